The summed E-state index contributed by atoms with van der Waals surface area (Å²) in [4.78, 5) is 0. The van der Waals surface area contributed by atoms with Crippen molar-refractivity contribution in [3.05, 3.63) is 0 Å². The Hall–Kier alpha value is -1.06. The van der Waals surface area contributed by atoms with E-state index in [1.54, 1.807) is 0 Å². The van der Waals surface area contributed by atoms with Gasteiger partial charge in [0.2, 0.25) is 0 Å². The number of nitrogens with one attached hydrogen (secondary N) is 2. The second-order valence-electron chi connectivity index (χ2n) is 4.70. The smallest absolute Gasteiger partial charge is 0.0982 e. The van der Waals surface area contributed by atoms with Gasteiger partial charge in [0.15, 0.2) is 0 Å². The Morgan fingerprint density at radius 3 is 1.15 bits per heavy atom. The summed E-state index contributed by atoms with van der Waals surface area (Å²) in [5, 5.41) is 15.1. The van der Waals surface area contributed by atoms with Gasteiger partial charge in [0.05, 0.1) is 11.7 Å². The van der Waals surface area contributed by atoms with Gasteiger partial charge in [-0.3, -0.25) is 10.8 Å². The molecule has 0 aromatic rings. The van der Waals surface area contributed by atoms with Crippen molar-refractivity contribution in [2.24, 2.45) is 27.7 Å². The van der Waals surface area contributed by atoms with E-state index in [-0.39, 0.29) is 17.1 Å². The highest BCUT2D eigenvalue weighted by atomic mass is 15.0. The predicted octanol–water partition coefficient (Wildman–Crippen LogP) is 0.911. The maximum Gasteiger partial charge on any atom is 0.0982 e. The largest absolute Gasteiger partial charge is 0.387 e. The molecule has 4 nitrogen and oxygen atoms in total. The third kappa shape index (κ3) is 0.677. The Bertz CT molecular complexity index is 266. The molecule has 2 atom stereocenters. The molecule has 0 heterocycles. The van der Waals surface area contributed by atoms with Crippen molar-refractivity contribution in [1.82, 2.24) is 0 Å². The molecule has 0 aliphatic heterocycles. The van der Waals surface area contributed by atoms with Gasteiger partial charge >= 0.3 is 0 Å². The molecule has 0 aromatic heterocycles. The average molecular weight is 182 g/mol. The molecule has 1 aliphatic carbocycles. The first-order valence-electron chi connectivity index (χ1n) is 4.33. The first kappa shape index (κ1) is 10.0. The number of rotatable bonds is 2. The number of amidine groups is 2. The van der Waals surface area contributed by atoms with Crippen LogP contribution in [-0.4, -0.2) is 11.7 Å². The Morgan fingerprint density at radius 2 is 1.08 bits per heavy atom. The van der Waals surface area contributed by atoms with Gasteiger partial charge in [-0.15, -0.1) is 0 Å². The van der Waals surface area contributed by atoms with Crippen molar-refractivity contribution in [3.63, 3.8) is 0 Å². The minimum absolute atomic E-state index is 0.121. The maximum atomic E-state index is 7.54. The summed E-state index contributed by atoms with van der Waals surface area (Å²) in [6.45, 7) is 7.79. The molecule has 1 saturated carbocycles. The first-order chi connectivity index (χ1) is 5.64. The zero-order valence-corrected chi connectivity index (χ0v) is 8.65. The fourth-order valence-corrected chi connectivity index (χ4v) is 2.56. The van der Waals surface area contributed by atoms with Gasteiger partial charge in [0, 0.05) is 10.8 Å². The van der Waals surface area contributed by atoms with Crippen molar-refractivity contribution in [2.45, 2.75) is 27.7 Å². The quantitative estimate of drug-likeness (QED) is 0.377. The van der Waals surface area contributed by atoms with Gasteiger partial charge in [-0.1, -0.05) is 27.7 Å². The predicted molar refractivity (Wildman–Crippen MR) is 53.8 cm³/mol. The van der Waals surface area contributed by atoms with Gasteiger partial charge in [-0.2, -0.15) is 0 Å². The highest BCUT2D eigenvalue weighted by molar-refractivity contribution is 6.01. The van der Waals surface area contributed by atoms with Crippen molar-refractivity contribution in [1.29, 1.82) is 10.8 Å². The second-order valence-corrected chi connectivity index (χ2v) is 4.70. The molecular formula is C9H18N4. The second kappa shape index (κ2) is 2.05. The van der Waals surface area contributed by atoms with E-state index >= 15 is 0 Å². The summed E-state index contributed by atoms with van der Waals surface area (Å²) in [7, 11) is 0. The van der Waals surface area contributed by atoms with E-state index in [1.807, 2.05) is 27.7 Å². The normalized spacial score (nSPS) is 41.2. The van der Waals surface area contributed by atoms with Crippen LogP contribution < -0.4 is 11.5 Å². The highest BCUT2D eigenvalue weighted by Crippen LogP contribution is 2.77. The molecule has 0 saturated heterocycles. The number of hydrogen-bond donors (Lipinski definition) is 4. The molecule has 4 heteroatoms. The topological polar surface area (TPSA) is 99.7 Å². The molecule has 1 rings (SSSR count). The van der Waals surface area contributed by atoms with Crippen LogP contribution in [0.5, 0.6) is 0 Å². The van der Waals surface area contributed by atoms with Crippen molar-refractivity contribution in [2.75, 3.05) is 0 Å². The van der Waals surface area contributed by atoms with E-state index in [0.717, 1.165) is 0 Å². The van der Waals surface area contributed by atoms with Gasteiger partial charge in [0.1, 0.15) is 0 Å². The maximum absolute atomic E-state index is 7.54. The molecule has 2 unspecified atom stereocenters. The Labute approximate surface area is 78.7 Å². The SMILES string of the molecule is CC1(C)C(C)(C(=N)N)C1(C)C(=N)N. The summed E-state index contributed by atoms with van der Waals surface area (Å²) < 4.78 is 0. The molecule has 0 bridgehead atoms. The number of hydrogen-bond acceptors (Lipinski definition) is 2. The molecule has 74 valence electrons. The van der Waals surface area contributed by atoms with E-state index in [2.05, 4.69) is 0 Å². The lowest BCUT2D eigenvalue weighted by atomic mass is 9.94. The van der Waals surface area contributed by atoms with Gasteiger partial charge < -0.3 is 11.5 Å². The monoisotopic (exact) mass is 182 g/mol. The number of nitrogens with two attached hydrogens (primary N) is 2. The third-order valence-electron chi connectivity index (χ3n) is 4.51. The summed E-state index contributed by atoms with van der Waals surface area (Å²) in [5.41, 5.74) is 9.97. The van der Waals surface area contributed by atoms with Crippen molar-refractivity contribution < 1.29 is 0 Å². The van der Waals surface area contributed by atoms with Crippen LogP contribution in [0.1, 0.15) is 27.7 Å². The lowest BCUT2D eigenvalue weighted by molar-refractivity contribution is 0.503. The van der Waals surface area contributed by atoms with Crippen LogP contribution in [0.15, 0.2) is 0 Å². The summed E-state index contributed by atoms with van der Waals surface area (Å²) in [6, 6.07) is 0. The van der Waals surface area contributed by atoms with Gasteiger partial charge in [-0.25, -0.2) is 0 Å². The average Bonchev–Trinajstić information content (AvgIpc) is 2.32. The zero-order chi connectivity index (χ0) is 10.7. The Balaban J connectivity index is 3.22. The molecule has 0 amide bonds. The summed E-state index contributed by atoms with van der Waals surface area (Å²) in [5.74, 6) is 0.241. The van der Waals surface area contributed by atoms with E-state index in [9.17, 15) is 0 Å². The lowest BCUT2D eigenvalue weighted by Gasteiger charge is -2.14. The first-order valence-corrected chi connectivity index (χ1v) is 4.33. The van der Waals surface area contributed by atoms with E-state index in [1.165, 1.54) is 0 Å². The molecule has 0 spiro atoms. The fourth-order valence-electron chi connectivity index (χ4n) is 2.56. The molecule has 1 aliphatic rings. The van der Waals surface area contributed by atoms with Crippen LogP contribution in [-0.2, 0) is 0 Å². The minimum Gasteiger partial charge on any atom is -0.387 e. The van der Waals surface area contributed by atoms with E-state index < -0.39 is 10.8 Å². The molecule has 6 N–H and O–H groups in total. The fraction of sp³-hybridized carbons (Fsp3) is 0.778. The van der Waals surface area contributed by atoms with Crippen LogP contribution in [0, 0.1) is 27.1 Å². The standard InChI is InChI=1S/C9H18N4/c1-7(2)8(3,5(10)11)9(7,4)6(12)13/h1-4H3,(H3,10,11)(H3,12,13). The Kier molecular flexibility index (Phi) is 1.58. The van der Waals surface area contributed by atoms with Crippen LogP contribution >= 0.6 is 0 Å². The molecule has 13 heavy (non-hydrogen) atoms. The van der Waals surface area contributed by atoms with E-state index in [0.29, 0.717) is 0 Å². The van der Waals surface area contributed by atoms with Crippen LogP contribution in [0.25, 0.3) is 0 Å². The highest BCUT2D eigenvalue weighted by Gasteiger charge is 2.80. The van der Waals surface area contributed by atoms with Crippen LogP contribution in [0.3, 0.4) is 0 Å². The van der Waals surface area contributed by atoms with Crippen molar-refractivity contribution in [3.8, 4) is 0 Å². The third-order valence-corrected chi connectivity index (χ3v) is 4.51. The van der Waals surface area contributed by atoms with Gasteiger partial charge in [-0.05, 0) is 5.41 Å². The zero-order valence-electron chi connectivity index (χ0n) is 8.65. The minimum atomic E-state index is -0.466. The molecular weight excluding hydrogens is 164 g/mol. The van der Waals surface area contributed by atoms with Crippen LogP contribution in [0.4, 0.5) is 0 Å². The Morgan fingerprint density at radius 1 is 0.846 bits per heavy atom. The molecule has 0 radical (unpaired) electrons. The lowest BCUT2D eigenvalue weighted by Crippen LogP contribution is -2.33. The molecule has 1 fully saturated rings. The van der Waals surface area contributed by atoms with Gasteiger partial charge in [0.25, 0.3) is 0 Å². The van der Waals surface area contributed by atoms with E-state index in [4.69, 9.17) is 22.3 Å². The van der Waals surface area contributed by atoms with Crippen molar-refractivity contribution >= 4 is 11.7 Å². The van der Waals surface area contributed by atoms with Crippen LogP contribution in [0.2, 0.25) is 0 Å². The summed E-state index contributed by atoms with van der Waals surface area (Å²) in [6.07, 6.45) is 0. The summed E-state index contributed by atoms with van der Waals surface area (Å²) >= 11 is 0. The molecule has 0 aromatic carbocycles.